The summed E-state index contributed by atoms with van der Waals surface area (Å²) in [4.78, 5) is 22.7. The molecule has 1 unspecified atom stereocenters. The van der Waals surface area contributed by atoms with Gasteiger partial charge in [0.15, 0.2) is 0 Å². The smallest absolute Gasteiger partial charge is 0.356 e. The van der Waals surface area contributed by atoms with Crippen LogP contribution in [-0.4, -0.2) is 33.5 Å². The van der Waals surface area contributed by atoms with Crippen LogP contribution in [0.5, 0.6) is 0 Å². The number of pyridine rings is 1. The van der Waals surface area contributed by atoms with E-state index >= 15 is 0 Å². The number of aryl methyl sites for hydroxylation is 2. The Balaban J connectivity index is 1.52. The minimum Gasteiger partial charge on any atom is -0.356 e. The van der Waals surface area contributed by atoms with Crippen LogP contribution in [0.25, 0.3) is 0 Å². The first-order chi connectivity index (χ1) is 14.7. The Hall–Kier alpha value is -3.36. The Morgan fingerprint density at radius 2 is 1.97 bits per heavy atom. The van der Waals surface area contributed by atoms with Gasteiger partial charge in [-0.15, -0.1) is 0 Å². The van der Waals surface area contributed by atoms with Crippen molar-refractivity contribution in [3.8, 4) is 0 Å². The van der Waals surface area contributed by atoms with E-state index in [4.69, 9.17) is 0 Å². The molecular weight excluding hydrogens is 407 g/mol. The first-order valence-corrected chi connectivity index (χ1v) is 9.88. The van der Waals surface area contributed by atoms with E-state index < -0.39 is 17.6 Å². The van der Waals surface area contributed by atoms with Crippen LogP contribution in [0.15, 0.2) is 49.2 Å². The normalized spacial score (nSPS) is 16.5. The molecule has 3 heterocycles. The molecule has 1 amide bonds. The zero-order valence-electron chi connectivity index (χ0n) is 17.1. The molecule has 162 valence electrons. The zero-order chi connectivity index (χ0) is 22.2. The highest BCUT2D eigenvalue weighted by atomic mass is 19.4. The maximum Gasteiger partial charge on any atom is 0.417 e. The fourth-order valence-electron chi connectivity index (χ4n) is 3.97. The summed E-state index contributed by atoms with van der Waals surface area (Å²) in [7, 11) is 1.95. The highest BCUT2D eigenvalue weighted by Crippen LogP contribution is 2.33. The number of hydrogen-bond acceptors (Lipinski definition) is 4. The Labute approximate surface area is 177 Å². The molecule has 1 aliphatic rings. The van der Waals surface area contributed by atoms with Crippen LogP contribution in [-0.2, 0) is 13.2 Å². The van der Waals surface area contributed by atoms with Crippen molar-refractivity contribution in [1.82, 2.24) is 14.5 Å². The van der Waals surface area contributed by atoms with Crippen LogP contribution < -0.4 is 10.2 Å². The van der Waals surface area contributed by atoms with Crippen molar-refractivity contribution < 1.29 is 18.0 Å². The third-order valence-corrected chi connectivity index (χ3v) is 5.61. The first kappa shape index (κ1) is 20.9. The third kappa shape index (κ3) is 4.40. The second-order valence-corrected chi connectivity index (χ2v) is 7.78. The maximum atomic E-state index is 12.9. The van der Waals surface area contributed by atoms with Crippen molar-refractivity contribution in [1.29, 1.82) is 0 Å². The molecule has 1 aromatic carbocycles. The lowest BCUT2D eigenvalue weighted by molar-refractivity contribution is -0.137. The lowest BCUT2D eigenvalue weighted by Gasteiger charge is -2.19. The number of aromatic nitrogens is 3. The predicted octanol–water partition coefficient (Wildman–Crippen LogP) is 4.39. The lowest BCUT2D eigenvalue weighted by atomic mass is 9.92. The summed E-state index contributed by atoms with van der Waals surface area (Å²) in [6.45, 7) is 3.69. The summed E-state index contributed by atoms with van der Waals surface area (Å²) in [5.41, 5.74) is 1.65. The molecule has 1 aliphatic heterocycles. The summed E-state index contributed by atoms with van der Waals surface area (Å²) in [6.07, 6.45) is 1.95. The highest BCUT2D eigenvalue weighted by molar-refractivity contribution is 6.04. The molecule has 1 fully saturated rings. The van der Waals surface area contributed by atoms with Crippen LogP contribution in [0.4, 0.5) is 24.7 Å². The Morgan fingerprint density at radius 1 is 1.16 bits per heavy atom. The van der Waals surface area contributed by atoms with Crippen molar-refractivity contribution >= 4 is 17.4 Å². The second kappa shape index (κ2) is 8.05. The quantitative estimate of drug-likeness (QED) is 0.668. The number of nitrogens with zero attached hydrogens (tertiary/aromatic N) is 4. The molecule has 4 rings (SSSR count). The van der Waals surface area contributed by atoms with Crippen molar-refractivity contribution in [3.05, 3.63) is 71.4 Å². The van der Waals surface area contributed by atoms with E-state index in [1.54, 1.807) is 12.4 Å². The largest absolute Gasteiger partial charge is 0.417 e. The van der Waals surface area contributed by atoms with Crippen LogP contribution in [0.2, 0.25) is 0 Å². The number of carbonyl (C=O) groups is 1. The van der Waals surface area contributed by atoms with Gasteiger partial charge in [-0.25, -0.2) is 4.98 Å². The molecular formula is C22H22F3N5O. The SMILES string of the molecule is Cc1ccc(C(=O)Nc2cncc(C(F)(F)F)c2)cc1C1CCN(c2cncn2C)C1. The van der Waals surface area contributed by atoms with Gasteiger partial charge in [0.05, 0.1) is 30.0 Å². The molecule has 0 spiro atoms. The standard InChI is InChI=1S/C22H22F3N5O/c1-14-3-4-15(21(31)28-18-8-17(9-26-10-18)22(23,24)25)7-19(14)16-5-6-30(12-16)20-11-27-13-29(20)2/h3-4,7-11,13,16H,5-6,12H2,1-2H3,(H,28,31). The number of rotatable bonds is 4. The number of benzene rings is 1. The lowest BCUT2D eigenvalue weighted by Crippen LogP contribution is -2.21. The maximum absolute atomic E-state index is 12.9. The average Bonchev–Trinajstić information content (AvgIpc) is 3.36. The number of amides is 1. The van der Waals surface area contributed by atoms with E-state index in [0.29, 0.717) is 5.56 Å². The van der Waals surface area contributed by atoms with Gasteiger partial charge in [0.25, 0.3) is 5.91 Å². The Morgan fingerprint density at radius 3 is 2.68 bits per heavy atom. The van der Waals surface area contributed by atoms with Gasteiger partial charge in [0.1, 0.15) is 5.82 Å². The average molecular weight is 429 g/mol. The molecule has 0 saturated carbocycles. The number of nitrogens with one attached hydrogen (secondary N) is 1. The van der Waals surface area contributed by atoms with Crippen molar-refractivity contribution in [2.24, 2.45) is 7.05 Å². The first-order valence-electron chi connectivity index (χ1n) is 9.88. The third-order valence-electron chi connectivity index (χ3n) is 5.61. The molecule has 1 atom stereocenters. The molecule has 0 aliphatic carbocycles. The van der Waals surface area contributed by atoms with Gasteiger partial charge in [-0.2, -0.15) is 13.2 Å². The molecule has 0 radical (unpaired) electrons. The van der Waals surface area contributed by atoms with Crippen LogP contribution >= 0.6 is 0 Å². The molecule has 31 heavy (non-hydrogen) atoms. The van der Waals surface area contributed by atoms with Gasteiger partial charge in [0.2, 0.25) is 0 Å². The molecule has 1 N–H and O–H groups in total. The van der Waals surface area contributed by atoms with Gasteiger partial charge in [0, 0.05) is 37.8 Å². The van der Waals surface area contributed by atoms with Gasteiger partial charge >= 0.3 is 6.18 Å². The van der Waals surface area contributed by atoms with Crippen LogP contribution in [0, 0.1) is 6.92 Å². The fourth-order valence-corrected chi connectivity index (χ4v) is 3.97. The Kier molecular flexibility index (Phi) is 5.43. The second-order valence-electron chi connectivity index (χ2n) is 7.78. The van der Waals surface area contributed by atoms with E-state index in [-0.39, 0.29) is 11.6 Å². The van der Waals surface area contributed by atoms with Gasteiger partial charge in [-0.3, -0.25) is 9.78 Å². The number of alkyl halides is 3. The minimum absolute atomic E-state index is 0.00481. The number of halogens is 3. The summed E-state index contributed by atoms with van der Waals surface area (Å²) in [5.74, 6) is 0.827. The van der Waals surface area contributed by atoms with E-state index in [1.807, 2.05) is 36.9 Å². The van der Waals surface area contributed by atoms with Gasteiger partial charge in [-0.05, 0) is 42.7 Å². The molecule has 3 aromatic rings. The van der Waals surface area contributed by atoms with E-state index in [0.717, 1.165) is 48.7 Å². The van der Waals surface area contributed by atoms with Crippen molar-refractivity contribution in [3.63, 3.8) is 0 Å². The molecule has 9 heteroatoms. The topological polar surface area (TPSA) is 63.1 Å². The monoisotopic (exact) mass is 429 g/mol. The highest BCUT2D eigenvalue weighted by Gasteiger charge is 2.31. The van der Waals surface area contributed by atoms with E-state index in [9.17, 15) is 18.0 Å². The summed E-state index contributed by atoms with van der Waals surface area (Å²) in [6, 6.07) is 6.27. The van der Waals surface area contributed by atoms with Crippen molar-refractivity contribution in [2.45, 2.75) is 25.4 Å². The predicted molar refractivity (Wildman–Crippen MR) is 111 cm³/mol. The molecule has 1 saturated heterocycles. The van der Waals surface area contributed by atoms with Crippen molar-refractivity contribution in [2.75, 3.05) is 23.3 Å². The molecule has 2 aromatic heterocycles. The molecule has 0 bridgehead atoms. The number of imidazole rings is 1. The molecule has 6 nitrogen and oxygen atoms in total. The van der Waals surface area contributed by atoms with Gasteiger partial charge in [-0.1, -0.05) is 6.07 Å². The summed E-state index contributed by atoms with van der Waals surface area (Å²) < 4.78 is 40.7. The number of carbonyl (C=O) groups excluding carboxylic acids is 1. The van der Waals surface area contributed by atoms with Crippen LogP contribution in [0.1, 0.15) is 39.4 Å². The van der Waals surface area contributed by atoms with Crippen LogP contribution in [0.3, 0.4) is 0 Å². The van der Waals surface area contributed by atoms with Gasteiger partial charge < -0.3 is 14.8 Å². The van der Waals surface area contributed by atoms with E-state index in [2.05, 4.69) is 20.2 Å². The number of hydrogen-bond donors (Lipinski definition) is 1. The zero-order valence-corrected chi connectivity index (χ0v) is 17.1. The summed E-state index contributed by atoms with van der Waals surface area (Å²) in [5, 5.41) is 2.52. The fraction of sp³-hybridized carbons (Fsp3) is 0.318. The summed E-state index contributed by atoms with van der Waals surface area (Å²) >= 11 is 0. The Bertz CT molecular complexity index is 1110. The van der Waals surface area contributed by atoms with E-state index in [1.165, 1.54) is 6.20 Å². The minimum atomic E-state index is -4.52. The number of anilines is 2.